The van der Waals surface area contributed by atoms with Crippen LogP contribution in [0.25, 0.3) is 0 Å². The van der Waals surface area contributed by atoms with E-state index < -0.39 is 6.10 Å². The summed E-state index contributed by atoms with van der Waals surface area (Å²) < 4.78 is 9.84. The van der Waals surface area contributed by atoms with Crippen LogP contribution in [0.5, 0.6) is 5.75 Å². The monoisotopic (exact) mass is 268 g/mol. The van der Waals surface area contributed by atoms with Gasteiger partial charge in [0.2, 0.25) is 0 Å². The lowest BCUT2D eigenvalue weighted by Crippen LogP contribution is -2.29. The molecule has 0 aliphatic carbocycles. The van der Waals surface area contributed by atoms with Crippen LogP contribution in [0.3, 0.4) is 0 Å². The molecule has 1 amide bonds. The van der Waals surface area contributed by atoms with Gasteiger partial charge in [-0.25, -0.2) is 0 Å². The van der Waals surface area contributed by atoms with E-state index in [4.69, 9.17) is 15.2 Å². The molecule has 0 fully saturated rings. The van der Waals surface area contributed by atoms with Crippen LogP contribution in [0, 0.1) is 0 Å². The van der Waals surface area contributed by atoms with Crippen LogP contribution in [0.15, 0.2) is 18.2 Å². The summed E-state index contributed by atoms with van der Waals surface area (Å²) in [4.78, 5) is 11.9. The Morgan fingerprint density at radius 2 is 2.21 bits per heavy atom. The van der Waals surface area contributed by atoms with Gasteiger partial charge in [0.05, 0.1) is 31.1 Å². The summed E-state index contributed by atoms with van der Waals surface area (Å²) in [6, 6.07) is 5.01. The van der Waals surface area contributed by atoms with Gasteiger partial charge in [-0.2, -0.15) is 0 Å². The summed E-state index contributed by atoms with van der Waals surface area (Å²) in [7, 11) is 3.01. The van der Waals surface area contributed by atoms with E-state index in [1.165, 1.54) is 14.2 Å². The number of hydrogen-bond donors (Lipinski definition) is 3. The highest BCUT2D eigenvalue weighted by molar-refractivity contribution is 6.00. The third-order valence-electron chi connectivity index (χ3n) is 2.65. The number of nitrogen functional groups attached to an aromatic ring is 1. The number of nitrogens with two attached hydrogens (primary N) is 1. The average Bonchev–Trinajstić information content (AvgIpc) is 2.39. The second kappa shape index (κ2) is 7.60. The van der Waals surface area contributed by atoms with Gasteiger partial charge in [0, 0.05) is 13.7 Å². The Bertz CT molecular complexity index is 423. The van der Waals surface area contributed by atoms with Crippen LogP contribution < -0.4 is 15.8 Å². The number of ether oxygens (including phenoxy) is 2. The second-order valence-corrected chi connectivity index (χ2v) is 4.08. The molecule has 0 radical (unpaired) electrons. The molecular weight excluding hydrogens is 248 g/mol. The van der Waals surface area contributed by atoms with E-state index in [0.29, 0.717) is 30.0 Å². The summed E-state index contributed by atoms with van der Waals surface area (Å²) in [5.41, 5.74) is 6.49. The molecular formula is C13H20N2O4. The van der Waals surface area contributed by atoms with Crippen LogP contribution >= 0.6 is 0 Å². The summed E-state index contributed by atoms with van der Waals surface area (Å²) in [6.07, 6.45) is -0.170. The molecule has 1 atom stereocenters. The van der Waals surface area contributed by atoms with E-state index in [0.717, 1.165) is 0 Å². The Hall–Kier alpha value is -1.79. The molecule has 0 bridgehead atoms. The maximum atomic E-state index is 11.9. The predicted octanol–water partition coefficient (Wildman–Crippen LogP) is 0.405. The molecule has 0 spiro atoms. The zero-order valence-electron chi connectivity index (χ0n) is 11.2. The van der Waals surface area contributed by atoms with Crippen LogP contribution in [-0.4, -0.2) is 44.5 Å². The minimum atomic E-state index is -0.590. The van der Waals surface area contributed by atoms with Crippen LogP contribution in [0.2, 0.25) is 0 Å². The summed E-state index contributed by atoms with van der Waals surface area (Å²) in [5.74, 6) is 0.174. The molecule has 0 heterocycles. The van der Waals surface area contributed by atoms with E-state index in [1.807, 2.05) is 0 Å². The highest BCUT2D eigenvalue weighted by Gasteiger charge is 2.13. The number of hydrogen-bond acceptors (Lipinski definition) is 5. The van der Waals surface area contributed by atoms with Gasteiger partial charge in [0.25, 0.3) is 5.91 Å². The molecule has 106 valence electrons. The molecule has 0 aromatic heterocycles. The van der Waals surface area contributed by atoms with E-state index >= 15 is 0 Å². The van der Waals surface area contributed by atoms with Gasteiger partial charge in [-0.1, -0.05) is 6.07 Å². The highest BCUT2D eigenvalue weighted by Crippen LogP contribution is 2.24. The summed E-state index contributed by atoms with van der Waals surface area (Å²) >= 11 is 0. The zero-order chi connectivity index (χ0) is 14.3. The third kappa shape index (κ3) is 4.42. The Morgan fingerprint density at radius 3 is 2.84 bits per heavy atom. The fourth-order valence-corrected chi connectivity index (χ4v) is 1.64. The second-order valence-electron chi connectivity index (χ2n) is 4.08. The number of rotatable bonds is 7. The van der Waals surface area contributed by atoms with Gasteiger partial charge in [0.1, 0.15) is 5.75 Å². The van der Waals surface area contributed by atoms with Gasteiger partial charge in [0.15, 0.2) is 0 Å². The number of carbonyl (C=O) groups excluding carboxylic acids is 1. The lowest BCUT2D eigenvalue weighted by atomic mass is 10.1. The number of aliphatic hydroxyl groups excluding tert-OH is 1. The molecule has 1 rings (SSSR count). The van der Waals surface area contributed by atoms with Crippen molar-refractivity contribution in [1.29, 1.82) is 0 Å². The fourth-order valence-electron chi connectivity index (χ4n) is 1.64. The number of para-hydroxylation sites is 1. The van der Waals surface area contributed by atoms with Gasteiger partial charge < -0.3 is 25.6 Å². The van der Waals surface area contributed by atoms with E-state index in [9.17, 15) is 9.90 Å². The number of benzene rings is 1. The normalized spacial score (nSPS) is 11.9. The zero-order valence-corrected chi connectivity index (χ0v) is 11.2. The molecule has 6 heteroatoms. The van der Waals surface area contributed by atoms with Crippen molar-refractivity contribution in [2.24, 2.45) is 0 Å². The average molecular weight is 268 g/mol. The minimum Gasteiger partial charge on any atom is -0.495 e. The Morgan fingerprint density at radius 1 is 1.47 bits per heavy atom. The maximum absolute atomic E-state index is 11.9. The largest absolute Gasteiger partial charge is 0.495 e. The quantitative estimate of drug-likeness (QED) is 0.622. The number of amides is 1. The van der Waals surface area contributed by atoms with Crippen molar-refractivity contribution in [1.82, 2.24) is 5.32 Å². The maximum Gasteiger partial charge on any atom is 0.253 e. The highest BCUT2D eigenvalue weighted by atomic mass is 16.5. The van der Waals surface area contributed by atoms with Crippen LogP contribution in [0.1, 0.15) is 16.8 Å². The van der Waals surface area contributed by atoms with Gasteiger partial charge >= 0.3 is 0 Å². The number of methoxy groups -OCH3 is 2. The Labute approximate surface area is 112 Å². The molecule has 0 saturated heterocycles. The van der Waals surface area contributed by atoms with Crippen molar-refractivity contribution in [3.05, 3.63) is 23.8 Å². The first-order valence-electron chi connectivity index (χ1n) is 5.97. The van der Waals surface area contributed by atoms with Crippen molar-refractivity contribution >= 4 is 11.6 Å². The van der Waals surface area contributed by atoms with Crippen molar-refractivity contribution in [3.63, 3.8) is 0 Å². The van der Waals surface area contributed by atoms with E-state index in [1.54, 1.807) is 18.2 Å². The van der Waals surface area contributed by atoms with Crippen LogP contribution in [0.4, 0.5) is 5.69 Å². The summed E-state index contributed by atoms with van der Waals surface area (Å²) in [5, 5.41) is 12.1. The van der Waals surface area contributed by atoms with Crippen LogP contribution in [-0.2, 0) is 4.74 Å². The first-order chi connectivity index (χ1) is 9.10. The molecule has 1 aromatic rings. The van der Waals surface area contributed by atoms with Gasteiger partial charge in [-0.15, -0.1) is 0 Å². The molecule has 0 saturated carbocycles. The van der Waals surface area contributed by atoms with Crippen molar-refractivity contribution in [3.8, 4) is 5.75 Å². The van der Waals surface area contributed by atoms with E-state index in [2.05, 4.69) is 5.32 Å². The molecule has 1 aromatic carbocycles. The lowest BCUT2D eigenvalue weighted by molar-refractivity contribution is 0.0588. The smallest absolute Gasteiger partial charge is 0.253 e. The first-order valence-corrected chi connectivity index (χ1v) is 5.97. The number of nitrogens with one attached hydrogen (secondary N) is 1. The molecule has 0 aliphatic heterocycles. The van der Waals surface area contributed by atoms with Crippen molar-refractivity contribution in [2.75, 3.05) is 33.1 Å². The first kappa shape index (κ1) is 15.3. The molecule has 0 aliphatic rings. The topological polar surface area (TPSA) is 93.8 Å². The fraction of sp³-hybridized carbons (Fsp3) is 0.462. The Balaban J connectivity index is 2.54. The molecule has 6 nitrogen and oxygen atoms in total. The number of carbonyl (C=O) groups is 1. The lowest BCUT2D eigenvalue weighted by Gasteiger charge is -2.12. The Kier molecular flexibility index (Phi) is 6.11. The minimum absolute atomic E-state index is 0.247. The number of anilines is 1. The standard InChI is InChI=1S/C13H20N2O4/c1-18-8-9(16)6-7-15-13(17)10-4-3-5-11(19-2)12(10)14/h3-5,9,16H,6-8,14H2,1-2H3,(H,15,17). The van der Waals surface area contributed by atoms with Crippen molar-refractivity contribution < 1.29 is 19.4 Å². The molecule has 19 heavy (non-hydrogen) atoms. The summed E-state index contributed by atoms with van der Waals surface area (Å²) in [6.45, 7) is 0.594. The molecule has 4 N–H and O–H groups in total. The third-order valence-corrected chi connectivity index (χ3v) is 2.65. The number of aliphatic hydroxyl groups is 1. The van der Waals surface area contributed by atoms with E-state index in [-0.39, 0.29) is 12.5 Å². The van der Waals surface area contributed by atoms with Gasteiger partial charge in [-0.05, 0) is 18.6 Å². The molecule has 1 unspecified atom stereocenters. The predicted molar refractivity (Wildman–Crippen MR) is 72.2 cm³/mol. The SMILES string of the molecule is COCC(O)CCNC(=O)c1cccc(OC)c1N. The van der Waals surface area contributed by atoms with Crippen molar-refractivity contribution in [2.45, 2.75) is 12.5 Å². The van der Waals surface area contributed by atoms with Gasteiger partial charge in [-0.3, -0.25) is 4.79 Å².